The predicted molar refractivity (Wildman–Crippen MR) is 113 cm³/mol. The molecule has 0 aromatic carbocycles. The average molecular weight is 370 g/mol. The number of hydrogen-bond acceptors (Lipinski definition) is 3. The zero-order chi connectivity index (χ0) is 19.5. The lowest BCUT2D eigenvalue weighted by molar-refractivity contribution is -0.159. The summed E-state index contributed by atoms with van der Waals surface area (Å²) < 4.78 is 5.64. The molecule has 0 aliphatic heterocycles. The molecule has 0 bridgehead atoms. The quantitative estimate of drug-likeness (QED) is 0.138. The van der Waals surface area contributed by atoms with E-state index in [-0.39, 0.29) is 12.2 Å². The molecule has 0 N–H and O–H groups in total. The minimum Gasteiger partial charge on any atom is -0.446 e. The van der Waals surface area contributed by atoms with Gasteiger partial charge in [-0.15, -0.1) is 0 Å². The van der Waals surface area contributed by atoms with Gasteiger partial charge in [-0.2, -0.15) is 0 Å². The van der Waals surface area contributed by atoms with Gasteiger partial charge >= 0.3 is 5.97 Å². The van der Waals surface area contributed by atoms with Gasteiger partial charge in [0.15, 0.2) is 6.23 Å². The van der Waals surface area contributed by atoms with Crippen LogP contribution in [-0.2, 0) is 9.53 Å². The molecule has 0 spiro atoms. The fourth-order valence-corrected chi connectivity index (χ4v) is 3.54. The summed E-state index contributed by atoms with van der Waals surface area (Å²) in [5.74, 6) is -0.0215. The van der Waals surface area contributed by atoms with E-state index in [0.717, 1.165) is 32.4 Å². The van der Waals surface area contributed by atoms with Crippen molar-refractivity contribution in [1.29, 1.82) is 0 Å². The molecule has 0 aromatic heterocycles. The fraction of sp³-hybridized carbons (Fsp3) is 0.957. The van der Waals surface area contributed by atoms with E-state index in [9.17, 15) is 4.79 Å². The molecule has 0 saturated heterocycles. The normalized spacial score (nSPS) is 12.5. The summed E-state index contributed by atoms with van der Waals surface area (Å²) in [4.78, 5) is 14.2. The van der Waals surface area contributed by atoms with E-state index in [4.69, 9.17) is 4.74 Å². The first-order valence-electron chi connectivity index (χ1n) is 11.6. The van der Waals surface area contributed by atoms with Gasteiger partial charge in [-0.25, -0.2) is 0 Å². The maximum atomic E-state index is 12.0. The van der Waals surface area contributed by atoms with E-state index in [1.54, 1.807) is 0 Å². The Balaban J connectivity index is 3.45. The summed E-state index contributed by atoms with van der Waals surface area (Å²) in [6.45, 7) is 10.5. The van der Waals surface area contributed by atoms with Crippen molar-refractivity contribution in [1.82, 2.24) is 4.90 Å². The van der Waals surface area contributed by atoms with Gasteiger partial charge in [0.2, 0.25) is 0 Å². The molecule has 0 rings (SSSR count). The largest absolute Gasteiger partial charge is 0.446 e. The Morgan fingerprint density at radius 2 is 1.12 bits per heavy atom. The van der Waals surface area contributed by atoms with Gasteiger partial charge in [-0.05, 0) is 25.9 Å². The maximum Gasteiger partial charge on any atom is 0.307 e. The number of hydrogen-bond donors (Lipinski definition) is 0. The zero-order valence-corrected chi connectivity index (χ0v) is 18.4. The van der Waals surface area contributed by atoms with Crippen LogP contribution < -0.4 is 0 Å². The number of rotatable bonds is 19. The summed E-state index contributed by atoms with van der Waals surface area (Å²) in [5.41, 5.74) is 0. The molecule has 0 amide bonds. The zero-order valence-electron chi connectivity index (χ0n) is 18.4. The number of nitrogens with zero attached hydrogens (tertiary/aromatic N) is 1. The van der Waals surface area contributed by atoms with Gasteiger partial charge in [-0.1, -0.05) is 105 Å². The third-order valence-corrected chi connectivity index (χ3v) is 5.32. The van der Waals surface area contributed by atoms with Crippen LogP contribution in [0.1, 0.15) is 124 Å². The van der Waals surface area contributed by atoms with Crippen molar-refractivity contribution in [2.45, 2.75) is 130 Å². The predicted octanol–water partition coefficient (Wildman–Crippen LogP) is 7.09. The van der Waals surface area contributed by atoms with E-state index in [2.05, 4.69) is 32.6 Å². The molecule has 1 unspecified atom stereocenters. The van der Waals surface area contributed by atoms with Crippen LogP contribution in [0, 0.1) is 0 Å². The third-order valence-electron chi connectivity index (χ3n) is 5.32. The molecule has 0 radical (unpaired) electrons. The summed E-state index contributed by atoms with van der Waals surface area (Å²) >= 11 is 0. The van der Waals surface area contributed by atoms with Crippen LogP contribution in [-0.4, -0.2) is 30.2 Å². The highest BCUT2D eigenvalue weighted by atomic mass is 16.6. The monoisotopic (exact) mass is 369 g/mol. The van der Waals surface area contributed by atoms with Crippen LogP contribution in [0.2, 0.25) is 0 Å². The Bertz CT molecular complexity index is 303. The molecule has 0 saturated carbocycles. The maximum absolute atomic E-state index is 12.0. The van der Waals surface area contributed by atoms with Crippen molar-refractivity contribution in [2.24, 2.45) is 0 Å². The Morgan fingerprint density at radius 3 is 1.50 bits per heavy atom. The van der Waals surface area contributed by atoms with E-state index in [1.165, 1.54) is 70.6 Å². The highest BCUT2D eigenvalue weighted by Crippen LogP contribution is 2.14. The number of esters is 1. The molecule has 0 fully saturated rings. The molecule has 3 heteroatoms. The van der Waals surface area contributed by atoms with Crippen molar-refractivity contribution < 1.29 is 9.53 Å². The Hall–Kier alpha value is -0.570. The van der Waals surface area contributed by atoms with Crippen LogP contribution in [0.25, 0.3) is 0 Å². The van der Waals surface area contributed by atoms with Gasteiger partial charge in [0.05, 0.1) is 0 Å². The molecule has 0 aliphatic carbocycles. The first-order chi connectivity index (χ1) is 12.7. The summed E-state index contributed by atoms with van der Waals surface area (Å²) in [6, 6.07) is 0. The number of carbonyl (C=O) groups is 1. The lowest BCUT2D eigenvalue weighted by atomic mass is 10.0. The standard InChI is InChI=1S/C23H47NO2/c1-5-9-10-11-12-13-14-15-16-17-18-19-20-21-23(25)26-22(6-2)24(7-3)8-4/h22H,5-21H2,1-4H3. The molecule has 0 aromatic rings. The van der Waals surface area contributed by atoms with E-state index < -0.39 is 0 Å². The van der Waals surface area contributed by atoms with Gasteiger partial charge in [0.1, 0.15) is 0 Å². The highest BCUT2D eigenvalue weighted by Gasteiger charge is 2.17. The summed E-state index contributed by atoms with van der Waals surface area (Å²) in [5, 5.41) is 0. The van der Waals surface area contributed by atoms with Crippen molar-refractivity contribution in [3.05, 3.63) is 0 Å². The van der Waals surface area contributed by atoms with Gasteiger partial charge in [0, 0.05) is 6.42 Å². The van der Waals surface area contributed by atoms with Crippen LogP contribution in [0.3, 0.4) is 0 Å². The van der Waals surface area contributed by atoms with Crippen LogP contribution >= 0.6 is 0 Å². The van der Waals surface area contributed by atoms with Gasteiger partial charge < -0.3 is 4.74 Å². The summed E-state index contributed by atoms with van der Waals surface area (Å²) in [6.07, 6.45) is 18.7. The van der Waals surface area contributed by atoms with Gasteiger partial charge in [0.25, 0.3) is 0 Å². The van der Waals surface area contributed by atoms with Crippen LogP contribution in [0.15, 0.2) is 0 Å². The third kappa shape index (κ3) is 14.6. The molecule has 156 valence electrons. The van der Waals surface area contributed by atoms with Crippen LogP contribution in [0.5, 0.6) is 0 Å². The second-order valence-electron chi connectivity index (χ2n) is 7.57. The van der Waals surface area contributed by atoms with E-state index >= 15 is 0 Å². The Labute approximate surface area is 164 Å². The van der Waals surface area contributed by atoms with Gasteiger partial charge in [-0.3, -0.25) is 9.69 Å². The molecule has 0 heterocycles. The number of ether oxygens (including phenoxy) is 1. The minimum absolute atomic E-state index is 0.0215. The first-order valence-corrected chi connectivity index (χ1v) is 11.6. The van der Waals surface area contributed by atoms with E-state index in [0.29, 0.717) is 6.42 Å². The Morgan fingerprint density at radius 1 is 0.692 bits per heavy atom. The average Bonchev–Trinajstić information content (AvgIpc) is 2.65. The Kier molecular flexibility index (Phi) is 18.8. The van der Waals surface area contributed by atoms with Crippen molar-refractivity contribution in [3.63, 3.8) is 0 Å². The second-order valence-corrected chi connectivity index (χ2v) is 7.57. The fourth-order valence-electron chi connectivity index (χ4n) is 3.54. The molecule has 1 atom stereocenters. The van der Waals surface area contributed by atoms with Crippen LogP contribution in [0.4, 0.5) is 0 Å². The van der Waals surface area contributed by atoms with Crippen molar-refractivity contribution in [2.75, 3.05) is 13.1 Å². The number of unbranched alkanes of at least 4 members (excludes halogenated alkanes) is 12. The second kappa shape index (κ2) is 19.2. The molecule has 3 nitrogen and oxygen atoms in total. The SMILES string of the molecule is CCCCCCCCCCCCCCCC(=O)OC(CC)N(CC)CC. The smallest absolute Gasteiger partial charge is 0.307 e. The van der Waals surface area contributed by atoms with Crippen molar-refractivity contribution in [3.8, 4) is 0 Å². The topological polar surface area (TPSA) is 29.5 Å². The lowest BCUT2D eigenvalue weighted by Crippen LogP contribution is -2.38. The molecular weight excluding hydrogens is 322 g/mol. The summed E-state index contributed by atoms with van der Waals surface area (Å²) in [7, 11) is 0. The molecule has 0 aliphatic rings. The molecular formula is C23H47NO2. The lowest BCUT2D eigenvalue weighted by Gasteiger charge is -2.28. The van der Waals surface area contributed by atoms with E-state index in [1.807, 2.05) is 0 Å². The molecule has 26 heavy (non-hydrogen) atoms. The first kappa shape index (κ1) is 25.4. The number of carbonyl (C=O) groups excluding carboxylic acids is 1. The minimum atomic E-state index is -0.0422. The highest BCUT2D eigenvalue weighted by molar-refractivity contribution is 5.69. The van der Waals surface area contributed by atoms with Crippen molar-refractivity contribution >= 4 is 5.97 Å².